The zero-order valence-electron chi connectivity index (χ0n) is 14.8. The van der Waals surface area contributed by atoms with Crippen LogP contribution in [0.25, 0.3) is 16.9 Å². The highest BCUT2D eigenvalue weighted by Crippen LogP contribution is 2.25. The van der Waals surface area contributed by atoms with Gasteiger partial charge in [-0.15, -0.1) is 5.10 Å². The number of hydrogen-bond acceptors (Lipinski definition) is 4. The molecule has 3 aromatic rings. The van der Waals surface area contributed by atoms with Gasteiger partial charge in [0, 0.05) is 24.7 Å². The van der Waals surface area contributed by atoms with Crippen molar-refractivity contribution in [1.29, 1.82) is 0 Å². The molecule has 0 aliphatic heterocycles. The fourth-order valence-corrected chi connectivity index (χ4v) is 2.89. The van der Waals surface area contributed by atoms with Crippen LogP contribution >= 0.6 is 0 Å². The van der Waals surface area contributed by atoms with Crippen molar-refractivity contribution in [3.63, 3.8) is 0 Å². The smallest absolute Gasteiger partial charge is 0.231 e. The summed E-state index contributed by atoms with van der Waals surface area (Å²) in [6.45, 7) is 5.33. The molecule has 0 N–H and O–H groups in total. The Morgan fingerprint density at radius 2 is 1.84 bits per heavy atom. The second-order valence-electron chi connectivity index (χ2n) is 5.66. The summed E-state index contributed by atoms with van der Waals surface area (Å²) in [5.41, 5.74) is 3.22. The minimum atomic E-state index is 0.0635. The van der Waals surface area contributed by atoms with Gasteiger partial charge in [0.2, 0.25) is 11.8 Å². The summed E-state index contributed by atoms with van der Waals surface area (Å²) in [7, 11) is 1.57. The van der Waals surface area contributed by atoms with E-state index in [1.54, 1.807) is 17.7 Å². The van der Waals surface area contributed by atoms with Gasteiger partial charge in [-0.25, -0.2) is 9.50 Å². The first-order valence-corrected chi connectivity index (χ1v) is 8.43. The molecule has 0 spiro atoms. The normalized spacial score (nSPS) is 10.8. The highest BCUT2D eigenvalue weighted by molar-refractivity contribution is 5.81. The van der Waals surface area contributed by atoms with Crippen molar-refractivity contribution in [1.82, 2.24) is 19.5 Å². The van der Waals surface area contributed by atoms with E-state index in [1.807, 2.05) is 55.1 Å². The van der Waals surface area contributed by atoms with Crippen LogP contribution in [0.1, 0.15) is 19.5 Å². The van der Waals surface area contributed by atoms with Gasteiger partial charge in [-0.3, -0.25) is 4.79 Å². The third-order valence-electron chi connectivity index (χ3n) is 4.24. The standard InChI is InChI=1S/C19H22N4O2/c1-4-22(5-2)18(24)13-15-19(14-9-7-6-8-10-14)20-16-11-12-17(25-3)21-23(15)16/h6-12H,4-5,13H2,1-3H3. The van der Waals surface area contributed by atoms with Crippen molar-refractivity contribution in [2.75, 3.05) is 20.2 Å². The summed E-state index contributed by atoms with van der Waals surface area (Å²) < 4.78 is 6.94. The number of fused-ring (bicyclic) bond motifs is 1. The lowest BCUT2D eigenvalue weighted by Crippen LogP contribution is -2.32. The molecule has 2 heterocycles. The van der Waals surface area contributed by atoms with Crippen LogP contribution in [0.15, 0.2) is 42.5 Å². The minimum Gasteiger partial charge on any atom is -0.480 e. The minimum absolute atomic E-state index is 0.0635. The molecule has 0 saturated heterocycles. The maximum atomic E-state index is 12.7. The summed E-state index contributed by atoms with van der Waals surface area (Å²) in [5.74, 6) is 0.551. The molecule has 25 heavy (non-hydrogen) atoms. The molecule has 0 aliphatic carbocycles. The van der Waals surface area contributed by atoms with Crippen LogP contribution in [-0.2, 0) is 11.2 Å². The number of amides is 1. The SMILES string of the molecule is CCN(CC)C(=O)Cc1c(-c2ccccc2)nc2ccc(OC)nn12. The van der Waals surface area contributed by atoms with Crippen molar-refractivity contribution in [3.8, 4) is 17.1 Å². The van der Waals surface area contributed by atoms with Gasteiger partial charge in [-0.05, 0) is 19.9 Å². The molecule has 0 unspecified atom stereocenters. The molecule has 2 aromatic heterocycles. The molecule has 1 aromatic carbocycles. The number of nitrogens with zero attached hydrogens (tertiary/aromatic N) is 4. The Bertz CT molecular complexity index is 870. The first-order chi connectivity index (χ1) is 12.2. The first-order valence-electron chi connectivity index (χ1n) is 8.43. The van der Waals surface area contributed by atoms with Crippen LogP contribution in [0.3, 0.4) is 0 Å². The van der Waals surface area contributed by atoms with Crippen molar-refractivity contribution < 1.29 is 9.53 Å². The van der Waals surface area contributed by atoms with Gasteiger partial charge in [0.1, 0.15) is 0 Å². The third kappa shape index (κ3) is 3.33. The number of rotatable bonds is 6. The number of ether oxygens (including phenoxy) is 1. The molecule has 6 heteroatoms. The Morgan fingerprint density at radius 3 is 2.48 bits per heavy atom. The Labute approximate surface area is 147 Å². The molecule has 3 rings (SSSR count). The lowest BCUT2D eigenvalue weighted by atomic mass is 10.1. The quantitative estimate of drug-likeness (QED) is 0.693. The number of carbonyl (C=O) groups is 1. The number of benzene rings is 1. The lowest BCUT2D eigenvalue weighted by molar-refractivity contribution is -0.130. The van der Waals surface area contributed by atoms with E-state index in [0.717, 1.165) is 17.0 Å². The fourth-order valence-electron chi connectivity index (χ4n) is 2.89. The highest BCUT2D eigenvalue weighted by Gasteiger charge is 2.20. The van der Waals surface area contributed by atoms with E-state index in [1.165, 1.54) is 0 Å². The van der Waals surface area contributed by atoms with Crippen LogP contribution < -0.4 is 4.74 Å². The van der Waals surface area contributed by atoms with E-state index in [4.69, 9.17) is 9.72 Å². The van der Waals surface area contributed by atoms with E-state index in [0.29, 0.717) is 24.6 Å². The fraction of sp³-hybridized carbons (Fsp3) is 0.316. The van der Waals surface area contributed by atoms with Crippen LogP contribution in [-0.4, -0.2) is 45.6 Å². The highest BCUT2D eigenvalue weighted by atomic mass is 16.5. The van der Waals surface area contributed by atoms with Crippen LogP contribution in [0, 0.1) is 0 Å². The van der Waals surface area contributed by atoms with Gasteiger partial charge in [-0.2, -0.15) is 0 Å². The van der Waals surface area contributed by atoms with E-state index in [2.05, 4.69) is 5.10 Å². The van der Waals surface area contributed by atoms with Crippen molar-refractivity contribution in [3.05, 3.63) is 48.2 Å². The van der Waals surface area contributed by atoms with Gasteiger partial charge in [0.05, 0.1) is 24.9 Å². The van der Waals surface area contributed by atoms with E-state index in [9.17, 15) is 4.79 Å². The van der Waals surface area contributed by atoms with Crippen molar-refractivity contribution in [2.45, 2.75) is 20.3 Å². The van der Waals surface area contributed by atoms with E-state index in [-0.39, 0.29) is 12.3 Å². The lowest BCUT2D eigenvalue weighted by Gasteiger charge is -2.18. The van der Waals surface area contributed by atoms with Gasteiger partial charge in [-0.1, -0.05) is 30.3 Å². The molecular formula is C19H22N4O2. The maximum absolute atomic E-state index is 12.7. The molecule has 0 radical (unpaired) electrons. The van der Waals surface area contributed by atoms with Gasteiger partial charge < -0.3 is 9.64 Å². The number of hydrogen-bond donors (Lipinski definition) is 0. The van der Waals surface area contributed by atoms with Crippen molar-refractivity contribution in [2.24, 2.45) is 0 Å². The number of methoxy groups -OCH3 is 1. The largest absolute Gasteiger partial charge is 0.480 e. The van der Waals surface area contributed by atoms with Crippen LogP contribution in [0.4, 0.5) is 0 Å². The summed E-state index contributed by atoms with van der Waals surface area (Å²) in [6, 6.07) is 13.5. The number of imidazole rings is 1. The molecule has 0 aliphatic rings. The zero-order valence-corrected chi connectivity index (χ0v) is 14.8. The predicted octanol–water partition coefficient (Wildman–Crippen LogP) is 2.82. The topological polar surface area (TPSA) is 59.7 Å². The molecule has 0 saturated carbocycles. The van der Waals surface area contributed by atoms with E-state index >= 15 is 0 Å². The Hall–Kier alpha value is -2.89. The molecule has 0 bridgehead atoms. The Balaban J connectivity index is 2.13. The maximum Gasteiger partial charge on any atom is 0.231 e. The third-order valence-corrected chi connectivity index (χ3v) is 4.24. The summed E-state index contributed by atoms with van der Waals surface area (Å²) in [5, 5.41) is 4.47. The van der Waals surface area contributed by atoms with Crippen LogP contribution in [0.5, 0.6) is 5.88 Å². The zero-order chi connectivity index (χ0) is 17.8. The summed E-state index contributed by atoms with van der Waals surface area (Å²) in [4.78, 5) is 19.2. The molecule has 0 atom stereocenters. The average molecular weight is 338 g/mol. The summed E-state index contributed by atoms with van der Waals surface area (Å²) >= 11 is 0. The molecule has 130 valence electrons. The second-order valence-corrected chi connectivity index (χ2v) is 5.66. The number of likely N-dealkylation sites (N-methyl/N-ethyl adjacent to an activating group) is 1. The Morgan fingerprint density at radius 1 is 1.12 bits per heavy atom. The average Bonchev–Trinajstić information content (AvgIpc) is 3.01. The second kappa shape index (κ2) is 7.34. The summed E-state index contributed by atoms with van der Waals surface area (Å²) in [6.07, 6.45) is 0.243. The van der Waals surface area contributed by atoms with E-state index < -0.39 is 0 Å². The van der Waals surface area contributed by atoms with Gasteiger partial charge in [0.15, 0.2) is 5.65 Å². The van der Waals surface area contributed by atoms with Crippen LogP contribution in [0.2, 0.25) is 0 Å². The monoisotopic (exact) mass is 338 g/mol. The number of carbonyl (C=O) groups excluding carboxylic acids is 1. The first kappa shape index (κ1) is 17.0. The Kier molecular flexibility index (Phi) is 4.97. The van der Waals surface area contributed by atoms with Gasteiger partial charge >= 0.3 is 0 Å². The molecular weight excluding hydrogens is 316 g/mol. The number of aromatic nitrogens is 3. The molecule has 6 nitrogen and oxygen atoms in total. The predicted molar refractivity (Wildman–Crippen MR) is 96.6 cm³/mol. The van der Waals surface area contributed by atoms with Crippen molar-refractivity contribution >= 4 is 11.6 Å². The van der Waals surface area contributed by atoms with Gasteiger partial charge in [0.25, 0.3) is 0 Å². The molecule has 1 amide bonds. The molecule has 0 fully saturated rings.